The molecule has 24 heavy (non-hydrogen) atoms. The monoisotopic (exact) mass is 344 g/mol. The minimum Gasteiger partial charge on any atom is -0.337 e. The van der Waals surface area contributed by atoms with Crippen LogP contribution in [0.3, 0.4) is 0 Å². The molecule has 1 aromatic heterocycles. The summed E-state index contributed by atoms with van der Waals surface area (Å²) in [7, 11) is 1.80. The first-order valence-electron chi connectivity index (χ1n) is 8.49. The largest absolute Gasteiger partial charge is 0.401 e. The minimum atomic E-state index is -4.22. The summed E-state index contributed by atoms with van der Waals surface area (Å²) in [5.41, 5.74) is 2.22. The molecular formula is C16H23F3N4O. The molecule has 1 N–H and O–H groups in total. The average Bonchev–Trinajstić information content (AvgIpc) is 2.89. The molecule has 5 nitrogen and oxygen atoms in total. The predicted octanol–water partition coefficient (Wildman–Crippen LogP) is 2.06. The van der Waals surface area contributed by atoms with E-state index in [0.717, 1.165) is 43.6 Å². The van der Waals surface area contributed by atoms with Crippen molar-refractivity contribution in [3.8, 4) is 0 Å². The van der Waals surface area contributed by atoms with Gasteiger partial charge in [-0.3, -0.25) is 9.48 Å². The molecule has 3 rings (SSSR count). The number of carbonyl (C=O) groups is 1. The summed E-state index contributed by atoms with van der Waals surface area (Å²) < 4.78 is 39.0. The number of hydrogen-bond acceptors (Lipinski definition) is 3. The number of alkyl halides is 3. The van der Waals surface area contributed by atoms with E-state index < -0.39 is 12.7 Å². The van der Waals surface area contributed by atoms with Gasteiger partial charge in [-0.2, -0.15) is 18.3 Å². The average molecular weight is 344 g/mol. The summed E-state index contributed by atoms with van der Waals surface area (Å²) in [6, 6.07) is -0.267. The number of fused-ring (bicyclic) bond motifs is 1. The van der Waals surface area contributed by atoms with Crippen LogP contribution in [0, 0.1) is 0 Å². The van der Waals surface area contributed by atoms with Crippen molar-refractivity contribution >= 4 is 5.91 Å². The highest BCUT2D eigenvalue weighted by Gasteiger charge is 2.33. The molecule has 0 unspecified atom stereocenters. The van der Waals surface area contributed by atoms with Gasteiger partial charge in [0, 0.05) is 37.4 Å². The van der Waals surface area contributed by atoms with E-state index in [2.05, 4.69) is 10.4 Å². The lowest BCUT2D eigenvalue weighted by Gasteiger charge is -2.28. The third-order valence-electron chi connectivity index (χ3n) is 4.89. The maximum Gasteiger partial charge on any atom is 0.401 e. The zero-order valence-corrected chi connectivity index (χ0v) is 13.8. The number of carbonyl (C=O) groups excluding carboxylic acids is 1. The number of nitrogens with one attached hydrogen (secondary N) is 1. The number of piperidine rings is 1. The van der Waals surface area contributed by atoms with Crippen molar-refractivity contribution in [1.29, 1.82) is 0 Å². The third kappa shape index (κ3) is 3.74. The molecule has 1 aliphatic heterocycles. The summed E-state index contributed by atoms with van der Waals surface area (Å²) in [6.45, 7) is 0.475. The topological polar surface area (TPSA) is 50.2 Å². The second-order valence-electron chi connectivity index (χ2n) is 6.69. The zero-order chi connectivity index (χ0) is 17.3. The number of nitrogens with zero attached hydrogens (tertiary/aromatic N) is 3. The van der Waals surface area contributed by atoms with Crippen molar-refractivity contribution in [1.82, 2.24) is 20.0 Å². The van der Waals surface area contributed by atoms with Gasteiger partial charge in [0.05, 0.1) is 6.54 Å². The first-order valence-corrected chi connectivity index (χ1v) is 8.49. The van der Waals surface area contributed by atoms with E-state index in [1.54, 1.807) is 11.7 Å². The van der Waals surface area contributed by atoms with E-state index in [1.165, 1.54) is 0 Å². The van der Waals surface area contributed by atoms with Crippen LogP contribution in [0.5, 0.6) is 0 Å². The van der Waals surface area contributed by atoms with E-state index >= 15 is 0 Å². The molecule has 1 amide bonds. The molecule has 1 aromatic rings. The van der Waals surface area contributed by atoms with Crippen LogP contribution in [0.4, 0.5) is 13.2 Å². The Labute approximate surface area is 139 Å². The van der Waals surface area contributed by atoms with Gasteiger partial charge in [-0.05, 0) is 38.5 Å². The summed E-state index contributed by atoms with van der Waals surface area (Å²) in [5, 5.41) is 6.96. The van der Waals surface area contributed by atoms with Crippen molar-refractivity contribution in [2.24, 2.45) is 7.05 Å². The second-order valence-corrected chi connectivity index (χ2v) is 6.69. The summed E-state index contributed by atoms with van der Waals surface area (Å²) >= 11 is 0. The van der Waals surface area contributed by atoms with Crippen LogP contribution < -0.4 is 5.32 Å². The number of halogens is 3. The number of aromatic nitrogens is 2. The van der Waals surface area contributed by atoms with Gasteiger partial charge >= 0.3 is 6.18 Å². The van der Waals surface area contributed by atoms with Gasteiger partial charge in [-0.15, -0.1) is 0 Å². The maximum atomic E-state index is 12.8. The molecule has 0 bridgehead atoms. The summed E-state index contributed by atoms with van der Waals surface area (Å²) in [4.78, 5) is 14.6. The lowest BCUT2D eigenvalue weighted by atomic mass is 9.91. The van der Waals surface area contributed by atoms with E-state index in [-0.39, 0.29) is 11.9 Å². The Morgan fingerprint density at radius 1 is 1.29 bits per heavy atom. The molecule has 134 valence electrons. The van der Waals surface area contributed by atoms with E-state index in [4.69, 9.17) is 0 Å². The Balaban J connectivity index is 1.75. The Kier molecular flexibility index (Phi) is 4.85. The number of aryl methyl sites for hydroxylation is 1. The molecule has 1 fully saturated rings. The highest BCUT2D eigenvalue weighted by atomic mass is 19.4. The molecule has 2 heterocycles. The van der Waals surface area contributed by atoms with E-state index in [1.807, 2.05) is 4.90 Å². The number of rotatable bonds is 3. The molecule has 1 atom stereocenters. The quantitative estimate of drug-likeness (QED) is 0.913. The second kappa shape index (κ2) is 6.74. The Hall–Kier alpha value is -1.57. The standard InChI is InChI=1S/C16H23F3N4O/c1-22-13-6-5-11(20-10-16(17,18)19)9-12(13)14(21-22)15(24)23-7-3-2-4-8-23/h11,20H,2-10H2,1H3/t11-/m0/s1. The van der Waals surface area contributed by atoms with Gasteiger partial charge < -0.3 is 10.2 Å². The van der Waals surface area contributed by atoms with Crippen molar-refractivity contribution in [3.05, 3.63) is 17.0 Å². The number of likely N-dealkylation sites (tertiary alicyclic amines) is 1. The van der Waals surface area contributed by atoms with E-state index in [9.17, 15) is 18.0 Å². The lowest BCUT2D eigenvalue weighted by molar-refractivity contribution is -0.126. The van der Waals surface area contributed by atoms with Crippen LogP contribution in [0.25, 0.3) is 0 Å². The molecule has 1 saturated heterocycles. The first-order chi connectivity index (χ1) is 11.3. The smallest absolute Gasteiger partial charge is 0.337 e. The summed E-state index contributed by atoms with van der Waals surface area (Å²) in [6.07, 6.45) is 0.595. The first kappa shape index (κ1) is 17.3. The predicted molar refractivity (Wildman–Crippen MR) is 82.8 cm³/mol. The Morgan fingerprint density at radius 3 is 2.67 bits per heavy atom. The van der Waals surface area contributed by atoms with Crippen molar-refractivity contribution in [2.75, 3.05) is 19.6 Å². The molecule has 1 aliphatic carbocycles. The van der Waals surface area contributed by atoms with Gasteiger partial charge in [0.1, 0.15) is 0 Å². The van der Waals surface area contributed by atoms with Crippen LogP contribution in [0.1, 0.15) is 47.4 Å². The van der Waals surface area contributed by atoms with Crippen LogP contribution in [-0.4, -0.2) is 52.4 Å². The van der Waals surface area contributed by atoms with Crippen LogP contribution in [-0.2, 0) is 19.9 Å². The summed E-state index contributed by atoms with van der Waals surface area (Å²) in [5.74, 6) is -0.0805. The fraction of sp³-hybridized carbons (Fsp3) is 0.750. The lowest BCUT2D eigenvalue weighted by Crippen LogP contribution is -2.41. The van der Waals surface area contributed by atoms with Crippen molar-refractivity contribution in [3.63, 3.8) is 0 Å². The fourth-order valence-corrected chi connectivity index (χ4v) is 3.64. The van der Waals surface area contributed by atoms with E-state index in [0.29, 0.717) is 25.0 Å². The molecule has 0 spiro atoms. The minimum absolute atomic E-state index is 0.0805. The van der Waals surface area contributed by atoms with Crippen molar-refractivity contribution < 1.29 is 18.0 Å². The molecular weight excluding hydrogens is 321 g/mol. The van der Waals surface area contributed by atoms with Crippen molar-refractivity contribution in [2.45, 2.75) is 50.7 Å². The Morgan fingerprint density at radius 2 is 2.00 bits per heavy atom. The number of hydrogen-bond donors (Lipinski definition) is 1. The highest BCUT2D eigenvalue weighted by molar-refractivity contribution is 5.94. The van der Waals surface area contributed by atoms with Gasteiger partial charge in [-0.1, -0.05) is 0 Å². The Bertz CT molecular complexity index is 605. The molecule has 8 heteroatoms. The normalized spacial score (nSPS) is 21.7. The van der Waals surface area contributed by atoms with Gasteiger partial charge in [-0.25, -0.2) is 0 Å². The van der Waals surface area contributed by atoms with Crippen LogP contribution in [0.15, 0.2) is 0 Å². The zero-order valence-electron chi connectivity index (χ0n) is 13.8. The number of amides is 1. The highest BCUT2D eigenvalue weighted by Crippen LogP contribution is 2.26. The molecule has 0 saturated carbocycles. The fourth-order valence-electron chi connectivity index (χ4n) is 3.64. The third-order valence-corrected chi connectivity index (χ3v) is 4.89. The van der Waals surface area contributed by atoms with Crippen LogP contribution >= 0.6 is 0 Å². The SMILES string of the molecule is Cn1nc(C(=O)N2CCCCC2)c2c1CC[C@H](NCC(F)(F)F)C2. The molecule has 0 radical (unpaired) electrons. The van der Waals surface area contributed by atoms with Gasteiger partial charge in [0.2, 0.25) is 0 Å². The molecule has 2 aliphatic rings. The maximum absolute atomic E-state index is 12.8. The van der Waals surface area contributed by atoms with Gasteiger partial charge in [0.15, 0.2) is 5.69 Å². The van der Waals surface area contributed by atoms with Gasteiger partial charge in [0.25, 0.3) is 5.91 Å². The molecule has 0 aromatic carbocycles. The van der Waals surface area contributed by atoms with Crippen LogP contribution in [0.2, 0.25) is 0 Å².